The smallest absolute Gasteiger partial charge is 0.384 e. The topological polar surface area (TPSA) is 89.6 Å². The normalized spacial score (nSPS) is 17.1. The Morgan fingerprint density at radius 3 is 2.74 bits per heavy atom. The van der Waals surface area contributed by atoms with Crippen LogP contribution >= 0.6 is 0 Å². The number of halogens is 3. The number of nitrogens with zero attached hydrogens (tertiary/aromatic N) is 5. The molecule has 0 aromatic carbocycles. The van der Waals surface area contributed by atoms with Crippen molar-refractivity contribution in [3.63, 3.8) is 0 Å². The van der Waals surface area contributed by atoms with Crippen molar-refractivity contribution in [2.24, 2.45) is 0 Å². The van der Waals surface area contributed by atoms with Crippen LogP contribution in [0.4, 0.5) is 30.8 Å². The quantitative estimate of drug-likeness (QED) is 0.703. The minimum Gasteiger partial charge on any atom is -0.384 e. The molecule has 1 aliphatic rings. The van der Waals surface area contributed by atoms with Crippen LogP contribution in [0, 0.1) is 0 Å². The first-order valence-electron chi connectivity index (χ1n) is 10.0. The third kappa shape index (κ3) is 5.34. The molecule has 0 spiro atoms. The average molecular weight is 440 g/mol. The van der Waals surface area contributed by atoms with Gasteiger partial charge in [-0.3, -0.25) is 0 Å². The molecule has 11 heteroatoms. The zero-order valence-corrected chi connectivity index (χ0v) is 17.8. The molecule has 0 aliphatic carbocycles. The standard InChI is InChI=1S/C20H27F3N6O2/c1-4-28(5-7-30-3)19-26-16(10-18(27-19)29-6-8-31-12-13(29)2)14-11-25-17(24)9-15(14)20(21,22)23/h9-11,13H,4-8,12H2,1-3H3,(H2,24,25). The van der Waals surface area contributed by atoms with E-state index in [0.717, 1.165) is 12.3 Å². The molecule has 2 aromatic heterocycles. The number of nitrogens with two attached hydrogens (primary N) is 1. The van der Waals surface area contributed by atoms with Crippen LogP contribution in [-0.2, 0) is 15.7 Å². The second kappa shape index (κ2) is 9.65. The number of hydrogen-bond acceptors (Lipinski definition) is 8. The summed E-state index contributed by atoms with van der Waals surface area (Å²) in [5.74, 6) is 0.662. The summed E-state index contributed by atoms with van der Waals surface area (Å²) in [7, 11) is 1.58. The fraction of sp³-hybridized carbons (Fsp3) is 0.550. The highest BCUT2D eigenvalue weighted by molar-refractivity contribution is 5.69. The Hall–Kier alpha value is -2.66. The molecule has 3 rings (SSSR count). The molecule has 2 aromatic rings. The molecule has 3 heterocycles. The molecule has 1 aliphatic heterocycles. The number of nitrogen functional groups attached to an aromatic ring is 1. The number of hydrogen-bond donors (Lipinski definition) is 1. The van der Waals surface area contributed by atoms with Gasteiger partial charge in [-0.1, -0.05) is 0 Å². The summed E-state index contributed by atoms with van der Waals surface area (Å²) in [6.45, 7) is 7.00. The van der Waals surface area contributed by atoms with Crippen LogP contribution < -0.4 is 15.5 Å². The number of likely N-dealkylation sites (N-methyl/N-ethyl adjacent to an activating group) is 1. The van der Waals surface area contributed by atoms with E-state index in [2.05, 4.69) is 15.0 Å². The average Bonchev–Trinajstić information content (AvgIpc) is 2.74. The Kier molecular flexibility index (Phi) is 7.16. The van der Waals surface area contributed by atoms with Crippen molar-refractivity contribution >= 4 is 17.6 Å². The van der Waals surface area contributed by atoms with Gasteiger partial charge in [0.25, 0.3) is 0 Å². The van der Waals surface area contributed by atoms with E-state index < -0.39 is 11.7 Å². The molecule has 0 radical (unpaired) electrons. The first kappa shape index (κ1) is 23.0. The highest BCUT2D eigenvalue weighted by atomic mass is 19.4. The molecule has 8 nitrogen and oxygen atoms in total. The van der Waals surface area contributed by atoms with Crippen molar-refractivity contribution in [2.45, 2.75) is 26.1 Å². The van der Waals surface area contributed by atoms with Crippen LogP contribution in [0.3, 0.4) is 0 Å². The second-order valence-corrected chi connectivity index (χ2v) is 7.25. The lowest BCUT2D eigenvalue weighted by Gasteiger charge is -2.35. The number of morpholine rings is 1. The van der Waals surface area contributed by atoms with Crippen molar-refractivity contribution < 1.29 is 22.6 Å². The predicted octanol–water partition coefficient (Wildman–Crippen LogP) is 2.84. The van der Waals surface area contributed by atoms with E-state index in [1.54, 1.807) is 13.2 Å². The predicted molar refractivity (Wildman–Crippen MR) is 112 cm³/mol. The largest absolute Gasteiger partial charge is 0.417 e. The molecule has 1 saturated heterocycles. The van der Waals surface area contributed by atoms with Gasteiger partial charge in [0.05, 0.1) is 37.1 Å². The number of ether oxygens (including phenoxy) is 2. The van der Waals surface area contributed by atoms with Crippen molar-refractivity contribution in [1.29, 1.82) is 0 Å². The maximum Gasteiger partial charge on any atom is 0.417 e. The van der Waals surface area contributed by atoms with E-state index in [-0.39, 0.29) is 23.1 Å². The van der Waals surface area contributed by atoms with Crippen LogP contribution in [-0.4, -0.2) is 67.6 Å². The maximum atomic E-state index is 13.7. The molecule has 170 valence electrons. The summed E-state index contributed by atoms with van der Waals surface area (Å²) in [5, 5.41) is 0. The van der Waals surface area contributed by atoms with E-state index in [1.165, 1.54) is 0 Å². The molecule has 0 saturated carbocycles. The van der Waals surface area contributed by atoms with Gasteiger partial charge in [0.15, 0.2) is 0 Å². The molecule has 31 heavy (non-hydrogen) atoms. The zero-order valence-electron chi connectivity index (χ0n) is 17.8. The summed E-state index contributed by atoms with van der Waals surface area (Å²) in [6.07, 6.45) is -3.49. The van der Waals surface area contributed by atoms with Gasteiger partial charge >= 0.3 is 6.18 Å². The molecule has 1 fully saturated rings. The first-order valence-corrected chi connectivity index (χ1v) is 10.0. The van der Waals surface area contributed by atoms with Gasteiger partial charge in [0.1, 0.15) is 11.6 Å². The fourth-order valence-corrected chi connectivity index (χ4v) is 3.43. The molecule has 2 N–H and O–H groups in total. The third-order valence-electron chi connectivity index (χ3n) is 5.10. The van der Waals surface area contributed by atoms with Gasteiger partial charge < -0.3 is 25.0 Å². The van der Waals surface area contributed by atoms with E-state index >= 15 is 0 Å². The summed E-state index contributed by atoms with van der Waals surface area (Å²) >= 11 is 0. The first-order chi connectivity index (χ1) is 14.7. The number of rotatable bonds is 7. The van der Waals surface area contributed by atoms with Crippen molar-refractivity contribution in [3.05, 3.63) is 23.9 Å². The second-order valence-electron chi connectivity index (χ2n) is 7.25. The van der Waals surface area contributed by atoms with Gasteiger partial charge in [-0.15, -0.1) is 0 Å². The molecular weight excluding hydrogens is 413 g/mol. The van der Waals surface area contributed by atoms with Gasteiger partial charge in [-0.25, -0.2) is 9.97 Å². The Labute approximate surface area is 179 Å². The molecule has 1 unspecified atom stereocenters. The van der Waals surface area contributed by atoms with E-state index in [1.807, 2.05) is 23.6 Å². The van der Waals surface area contributed by atoms with E-state index in [4.69, 9.17) is 15.2 Å². The Balaban J connectivity index is 2.16. The van der Waals surface area contributed by atoms with Crippen LogP contribution in [0.15, 0.2) is 18.3 Å². The summed E-state index contributed by atoms with van der Waals surface area (Å²) in [4.78, 5) is 16.9. The SMILES string of the molecule is CCN(CCOC)c1nc(-c2cnc(N)cc2C(F)(F)F)cc(N2CCOCC2C)n1. The number of aromatic nitrogens is 3. The van der Waals surface area contributed by atoms with Crippen LogP contribution in [0.1, 0.15) is 19.4 Å². The Morgan fingerprint density at radius 2 is 2.10 bits per heavy atom. The third-order valence-corrected chi connectivity index (χ3v) is 5.10. The van der Waals surface area contributed by atoms with E-state index in [9.17, 15) is 13.2 Å². The van der Waals surface area contributed by atoms with E-state index in [0.29, 0.717) is 51.2 Å². The lowest BCUT2D eigenvalue weighted by molar-refractivity contribution is -0.137. The number of methoxy groups -OCH3 is 1. The maximum absolute atomic E-state index is 13.7. The molecule has 0 amide bonds. The zero-order chi connectivity index (χ0) is 22.6. The van der Waals surface area contributed by atoms with Crippen molar-refractivity contribution in [3.8, 4) is 11.3 Å². The highest BCUT2D eigenvalue weighted by Crippen LogP contribution is 2.38. The lowest BCUT2D eigenvalue weighted by Crippen LogP contribution is -2.44. The number of anilines is 3. The van der Waals surface area contributed by atoms with Crippen molar-refractivity contribution in [1.82, 2.24) is 15.0 Å². The van der Waals surface area contributed by atoms with Gasteiger partial charge in [-0.05, 0) is 19.9 Å². The highest BCUT2D eigenvalue weighted by Gasteiger charge is 2.35. The molecule has 1 atom stereocenters. The van der Waals surface area contributed by atoms with Crippen LogP contribution in [0.5, 0.6) is 0 Å². The minimum atomic E-state index is -4.61. The lowest BCUT2D eigenvalue weighted by atomic mass is 10.1. The van der Waals surface area contributed by atoms with Gasteiger partial charge in [0, 0.05) is 44.6 Å². The molecular formula is C20H27F3N6O2. The summed E-state index contributed by atoms with van der Waals surface area (Å²) < 4.78 is 51.9. The fourth-order valence-electron chi connectivity index (χ4n) is 3.43. The molecule has 0 bridgehead atoms. The summed E-state index contributed by atoms with van der Waals surface area (Å²) in [6, 6.07) is 2.42. The number of alkyl halides is 3. The minimum absolute atomic E-state index is 0.0185. The van der Waals surface area contributed by atoms with Crippen molar-refractivity contribution in [2.75, 3.05) is 62.1 Å². The van der Waals surface area contributed by atoms with Crippen LogP contribution in [0.2, 0.25) is 0 Å². The summed E-state index contributed by atoms with van der Waals surface area (Å²) in [5.41, 5.74) is 4.64. The van der Waals surface area contributed by atoms with Gasteiger partial charge in [-0.2, -0.15) is 18.2 Å². The van der Waals surface area contributed by atoms with Gasteiger partial charge in [0.2, 0.25) is 5.95 Å². The Bertz CT molecular complexity index is 896. The van der Waals surface area contributed by atoms with Crippen LogP contribution in [0.25, 0.3) is 11.3 Å². The number of pyridine rings is 1. The monoisotopic (exact) mass is 440 g/mol. The Morgan fingerprint density at radius 1 is 1.32 bits per heavy atom.